The molecule has 0 aliphatic carbocycles. The summed E-state index contributed by atoms with van der Waals surface area (Å²) in [5, 5.41) is 2.74. The van der Waals surface area contributed by atoms with Crippen molar-refractivity contribution in [2.45, 2.75) is 26.3 Å². The van der Waals surface area contributed by atoms with E-state index in [4.69, 9.17) is 9.15 Å². The van der Waals surface area contributed by atoms with Crippen molar-refractivity contribution in [3.05, 3.63) is 54.0 Å². The molecule has 0 saturated heterocycles. The Balaban J connectivity index is 1.74. The fraction of sp³-hybridized carbons (Fsp3) is 0.368. The summed E-state index contributed by atoms with van der Waals surface area (Å²) in [5.74, 6) is 0.889. The molecular weight excluding hydrogens is 320 g/mol. The first-order valence-corrected chi connectivity index (χ1v) is 8.36. The topological polar surface area (TPSA) is 71.8 Å². The van der Waals surface area contributed by atoms with Crippen LogP contribution >= 0.6 is 0 Å². The predicted octanol–water partition coefficient (Wildman–Crippen LogP) is 2.85. The van der Waals surface area contributed by atoms with Gasteiger partial charge in [0.05, 0.1) is 13.4 Å². The summed E-state index contributed by atoms with van der Waals surface area (Å²) in [6, 6.07) is 11.0. The Kier molecular flexibility index (Phi) is 7.07. The van der Waals surface area contributed by atoms with Gasteiger partial charge < -0.3 is 19.4 Å². The highest BCUT2D eigenvalue weighted by atomic mass is 16.5. The Morgan fingerprint density at radius 1 is 1.20 bits per heavy atom. The van der Waals surface area contributed by atoms with E-state index in [-0.39, 0.29) is 17.6 Å². The van der Waals surface area contributed by atoms with Gasteiger partial charge in [0.25, 0.3) is 5.91 Å². The molecule has 134 valence electrons. The van der Waals surface area contributed by atoms with E-state index in [1.165, 1.54) is 6.26 Å². The molecule has 2 aromatic rings. The van der Waals surface area contributed by atoms with Gasteiger partial charge in [-0.3, -0.25) is 9.59 Å². The molecule has 1 N–H and O–H groups in total. The SMILES string of the molecule is CCN(Cc1ccc(OC)cc1)C(=O)CCCNC(=O)c1ccco1. The lowest BCUT2D eigenvalue weighted by Crippen LogP contribution is -2.31. The van der Waals surface area contributed by atoms with Gasteiger partial charge in [0.1, 0.15) is 5.75 Å². The third-order valence-electron chi connectivity index (χ3n) is 3.86. The number of methoxy groups -OCH3 is 1. The van der Waals surface area contributed by atoms with Crippen LogP contribution in [0.2, 0.25) is 0 Å². The van der Waals surface area contributed by atoms with Crippen molar-refractivity contribution in [3.8, 4) is 5.75 Å². The average Bonchev–Trinajstić information content (AvgIpc) is 3.18. The van der Waals surface area contributed by atoms with Crippen molar-refractivity contribution >= 4 is 11.8 Å². The third-order valence-corrected chi connectivity index (χ3v) is 3.86. The fourth-order valence-electron chi connectivity index (χ4n) is 2.42. The van der Waals surface area contributed by atoms with Crippen LogP contribution in [0, 0.1) is 0 Å². The second-order valence-electron chi connectivity index (χ2n) is 5.59. The number of nitrogens with one attached hydrogen (secondary N) is 1. The lowest BCUT2D eigenvalue weighted by Gasteiger charge is -2.21. The van der Waals surface area contributed by atoms with Gasteiger partial charge in [-0.05, 0) is 43.2 Å². The largest absolute Gasteiger partial charge is 0.497 e. The summed E-state index contributed by atoms with van der Waals surface area (Å²) in [5.41, 5.74) is 1.06. The van der Waals surface area contributed by atoms with E-state index in [0.29, 0.717) is 32.5 Å². The van der Waals surface area contributed by atoms with Gasteiger partial charge in [0.15, 0.2) is 5.76 Å². The zero-order chi connectivity index (χ0) is 18.1. The molecule has 25 heavy (non-hydrogen) atoms. The van der Waals surface area contributed by atoms with Gasteiger partial charge in [-0.15, -0.1) is 0 Å². The molecule has 0 saturated carbocycles. The first kappa shape index (κ1) is 18.6. The summed E-state index contributed by atoms with van der Waals surface area (Å²) in [6.45, 7) is 3.60. The Morgan fingerprint density at radius 3 is 2.56 bits per heavy atom. The minimum Gasteiger partial charge on any atom is -0.497 e. The number of nitrogens with zero attached hydrogens (tertiary/aromatic N) is 1. The van der Waals surface area contributed by atoms with E-state index < -0.39 is 0 Å². The molecule has 0 unspecified atom stereocenters. The van der Waals surface area contributed by atoms with Crippen LogP contribution in [0.3, 0.4) is 0 Å². The monoisotopic (exact) mass is 344 g/mol. The molecule has 1 heterocycles. The Hall–Kier alpha value is -2.76. The van der Waals surface area contributed by atoms with Crippen LogP contribution in [0.15, 0.2) is 47.1 Å². The summed E-state index contributed by atoms with van der Waals surface area (Å²) in [7, 11) is 1.63. The summed E-state index contributed by atoms with van der Waals surface area (Å²) >= 11 is 0. The molecule has 0 radical (unpaired) electrons. The molecule has 0 aliphatic rings. The van der Waals surface area contributed by atoms with Crippen LogP contribution in [0.1, 0.15) is 35.9 Å². The maximum atomic E-state index is 12.3. The number of rotatable bonds is 9. The highest BCUT2D eigenvalue weighted by Gasteiger charge is 2.13. The minimum atomic E-state index is -0.261. The van der Waals surface area contributed by atoms with Crippen LogP contribution in [0.4, 0.5) is 0 Å². The Bertz CT molecular complexity index is 665. The molecule has 0 spiro atoms. The van der Waals surface area contributed by atoms with E-state index in [1.807, 2.05) is 31.2 Å². The number of furan rings is 1. The van der Waals surface area contributed by atoms with Crippen molar-refractivity contribution in [1.82, 2.24) is 10.2 Å². The van der Waals surface area contributed by atoms with Crippen LogP contribution in [0.25, 0.3) is 0 Å². The average molecular weight is 344 g/mol. The molecule has 6 heteroatoms. The molecule has 6 nitrogen and oxygen atoms in total. The summed E-state index contributed by atoms with van der Waals surface area (Å²) < 4.78 is 10.2. The van der Waals surface area contributed by atoms with Crippen LogP contribution in [-0.2, 0) is 11.3 Å². The number of hydrogen-bond donors (Lipinski definition) is 1. The van der Waals surface area contributed by atoms with Gasteiger partial charge >= 0.3 is 0 Å². The molecule has 2 rings (SSSR count). The van der Waals surface area contributed by atoms with Crippen molar-refractivity contribution in [1.29, 1.82) is 0 Å². The maximum absolute atomic E-state index is 12.3. The van der Waals surface area contributed by atoms with Gasteiger partial charge in [0, 0.05) is 26.1 Å². The number of benzene rings is 1. The van der Waals surface area contributed by atoms with Crippen LogP contribution in [0.5, 0.6) is 5.75 Å². The molecule has 1 aromatic heterocycles. The number of hydrogen-bond acceptors (Lipinski definition) is 4. The van der Waals surface area contributed by atoms with Crippen molar-refractivity contribution < 1.29 is 18.7 Å². The molecule has 0 bridgehead atoms. The predicted molar refractivity (Wildman–Crippen MR) is 94.4 cm³/mol. The van der Waals surface area contributed by atoms with E-state index in [1.54, 1.807) is 24.1 Å². The molecule has 2 amide bonds. The van der Waals surface area contributed by atoms with Gasteiger partial charge in [0.2, 0.25) is 5.91 Å². The van der Waals surface area contributed by atoms with Gasteiger partial charge in [-0.1, -0.05) is 12.1 Å². The van der Waals surface area contributed by atoms with E-state index in [2.05, 4.69) is 5.32 Å². The lowest BCUT2D eigenvalue weighted by atomic mass is 10.2. The smallest absolute Gasteiger partial charge is 0.286 e. The summed E-state index contributed by atoms with van der Waals surface area (Å²) in [6.07, 6.45) is 2.43. The highest BCUT2D eigenvalue weighted by molar-refractivity contribution is 5.91. The second-order valence-corrected chi connectivity index (χ2v) is 5.59. The molecule has 0 aliphatic heterocycles. The van der Waals surface area contributed by atoms with E-state index >= 15 is 0 Å². The first-order valence-electron chi connectivity index (χ1n) is 8.36. The molecular formula is C19H24N2O4. The van der Waals surface area contributed by atoms with Crippen LogP contribution in [-0.4, -0.2) is 36.9 Å². The Morgan fingerprint density at radius 2 is 1.96 bits per heavy atom. The van der Waals surface area contributed by atoms with Crippen molar-refractivity contribution in [3.63, 3.8) is 0 Å². The second kappa shape index (κ2) is 9.52. The zero-order valence-corrected chi connectivity index (χ0v) is 14.7. The molecule has 0 atom stereocenters. The number of carbonyl (C=O) groups is 2. The molecule has 0 fully saturated rings. The normalized spacial score (nSPS) is 10.3. The fourth-order valence-corrected chi connectivity index (χ4v) is 2.42. The number of ether oxygens (including phenoxy) is 1. The van der Waals surface area contributed by atoms with E-state index in [0.717, 1.165) is 11.3 Å². The third kappa shape index (κ3) is 5.67. The minimum absolute atomic E-state index is 0.0746. The van der Waals surface area contributed by atoms with Gasteiger partial charge in [-0.2, -0.15) is 0 Å². The quantitative estimate of drug-likeness (QED) is 0.710. The van der Waals surface area contributed by atoms with E-state index in [9.17, 15) is 9.59 Å². The van der Waals surface area contributed by atoms with Crippen molar-refractivity contribution in [2.75, 3.05) is 20.2 Å². The summed E-state index contributed by atoms with van der Waals surface area (Å²) in [4.78, 5) is 25.9. The number of amides is 2. The van der Waals surface area contributed by atoms with Crippen LogP contribution < -0.4 is 10.1 Å². The Labute approximate surface area is 147 Å². The zero-order valence-electron chi connectivity index (χ0n) is 14.7. The molecule has 1 aromatic carbocycles. The number of carbonyl (C=O) groups excluding carboxylic acids is 2. The standard InChI is InChI=1S/C19H24N2O4/c1-3-21(14-15-8-10-16(24-2)11-9-15)18(22)7-4-12-20-19(23)17-6-5-13-25-17/h5-6,8-11,13H,3-4,7,12,14H2,1-2H3,(H,20,23). The van der Waals surface area contributed by atoms with Gasteiger partial charge in [-0.25, -0.2) is 0 Å². The lowest BCUT2D eigenvalue weighted by molar-refractivity contribution is -0.131. The first-order chi connectivity index (χ1) is 12.1. The maximum Gasteiger partial charge on any atom is 0.286 e. The highest BCUT2D eigenvalue weighted by Crippen LogP contribution is 2.13. The van der Waals surface area contributed by atoms with Crippen molar-refractivity contribution in [2.24, 2.45) is 0 Å².